The number of pyridine rings is 1. The average molecular weight is 357 g/mol. The van der Waals surface area contributed by atoms with E-state index in [0.29, 0.717) is 23.8 Å². The Kier molecular flexibility index (Phi) is 3.97. The zero-order valence-corrected chi connectivity index (χ0v) is 13.9. The smallest absolute Gasteiger partial charge is 0.226 e. The van der Waals surface area contributed by atoms with Gasteiger partial charge in [-0.15, -0.1) is 0 Å². The van der Waals surface area contributed by atoms with Crippen LogP contribution in [-0.4, -0.2) is 20.7 Å². The first-order chi connectivity index (χ1) is 12.1. The maximum atomic E-state index is 13.4. The van der Waals surface area contributed by atoms with E-state index in [0.717, 1.165) is 16.7 Å². The molecular formula is C18H14ClFN4O. The number of fused-ring (bicyclic) bond motifs is 1. The number of hydrogen-bond donors (Lipinski definition) is 1. The van der Waals surface area contributed by atoms with E-state index in [4.69, 9.17) is 11.6 Å². The maximum absolute atomic E-state index is 13.4. The highest BCUT2D eigenvalue weighted by atomic mass is 35.5. The van der Waals surface area contributed by atoms with Crippen LogP contribution in [0.15, 0.2) is 48.9 Å². The van der Waals surface area contributed by atoms with Crippen LogP contribution in [0.5, 0.6) is 0 Å². The van der Waals surface area contributed by atoms with E-state index in [1.807, 2.05) is 12.1 Å². The molecule has 1 N–H and O–H groups in total. The van der Waals surface area contributed by atoms with Crippen molar-refractivity contribution in [3.05, 3.63) is 76.5 Å². The van der Waals surface area contributed by atoms with Gasteiger partial charge in [0.1, 0.15) is 11.6 Å². The van der Waals surface area contributed by atoms with Gasteiger partial charge in [0, 0.05) is 30.3 Å². The van der Waals surface area contributed by atoms with Gasteiger partial charge in [-0.25, -0.2) is 9.07 Å². The van der Waals surface area contributed by atoms with E-state index >= 15 is 0 Å². The van der Waals surface area contributed by atoms with Crippen LogP contribution in [-0.2, 0) is 11.3 Å². The molecule has 25 heavy (non-hydrogen) atoms. The minimum absolute atomic E-state index is 0.105. The molecule has 1 aromatic carbocycles. The lowest BCUT2D eigenvalue weighted by molar-refractivity contribution is -0.116. The number of rotatable bonds is 3. The molecule has 126 valence electrons. The fourth-order valence-electron chi connectivity index (χ4n) is 3.14. The quantitative estimate of drug-likeness (QED) is 0.780. The van der Waals surface area contributed by atoms with Gasteiger partial charge in [-0.05, 0) is 29.3 Å². The molecule has 0 saturated heterocycles. The van der Waals surface area contributed by atoms with Crippen LogP contribution in [0.4, 0.5) is 10.2 Å². The summed E-state index contributed by atoms with van der Waals surface area (Å²) in [4.78, 5) is 16.2. The van der Waals surface area contributed by atoms with Crippen LogP contribution in [0.25, 0.3) is 0 Å². The van der Waals surface area contributed by atoms with Crippen LogP contribution in [0.1, 0.15) is 29.0 Å². The molecule has 1 unspecified atom stereocenters. The highest BCUT2D eigenvalue weighted by Crippen LogP contribution is 2.39. The summed E-state index contributed by atoms with van der Waals surface area (Å²) in [5.41, 5.74) is 2.51. The lowest BCUT2D eigenvalue weighted by atomic mass is 9.88. The van der Waals surface area contributed by atoms with Gasteiger partial charge in [-0.2, -0.15) is 5.10 Å². The number of nitrogens with one attached hydrogen (secondary N) is 1. The van der Waals surface area contributed by atoms with Crippen molar-refractivity contribution in [3.63, 3.8) is 0 Å². The molecule has 0 bridgehead atoms. The zero-order valence-electron chi connectivity index (χ0n) is 13.1. The number of carbonyl (C=O) groups is 1. The first-order valence-electron chi connectivity index (χ1n) is 7.81. The molecule has 0 spiro atoms. The Bertz CT molecular complexity index is 956. The summed E-state index contributed by atoms with van der Waals surface area (Å²) in [6, 6.07) is 8.14. The van der Waals surface area contributed by atoms with Gasteiger partial charge in [0.05, 0.1) is 17.8 Å². The Hall–Kier alpha value is -2.73. The molecule has 1 aliphatic rings. The zero-order chi connectivity index (χ0) is 17.4. The minimum atomic E-state index is -0.302. The largest absolute Gasteiger partial charge is 0.311 e. The molecule has 0 radical (unpaired) electrons. The van der Waals surface area contributed by atoms with Crippen LogP contribution in [0.2, 0.25) is 5.02 Å². The Morgan fingerprint density at radius 3 is 2.96 bits per heavy atom. The highest BCUT2D eigenvalue weighted by Gasteiger charge is 2.31. The molecule has 1 atom stereocenters. The lowest BCUT2D eigenvalue weighted by Crippen LogP contribution is -2.25. The molecule has 3 heterocycles. The van der Waals surface area contributed by atoms with Gasteiger partial charge in [-0.1, -0.05) is 23.7 Å². The number of hydrogen-bond acceptors (Lipinski definition) is 3. The fourth-order valence-corrected chi connectivity index (χ4v) is 3.40. The number of amides is 1. The average Bonchev–Trinajstić information content (AvgIpc) is 2.97. The monoisotopic (exact) mass is 356 g/mol. The van der Waals surface area contributed by atoms with E-state index in [-0.39, 0.29) is 17.6 Å². The molecule has 7 heteroatoms. The Balaban J connectivity index is 1.73. The van der Waals surface area contributed by atoms with Crippen molar-refractivity contribution in [2.75, 3.05) is 5.32 Å². The second-order valence-corrected chi connectivity index (χ2v) is 6.35. The Labute approximate surface area is 148 Å². The van der Waals surface area contributed by atoms with Crippen LogP contribution in [0, 0.1) is 5.82 Å². The van der Waals surface area contributed by atoms with E-state index in [9.17, 15) is 9.18 Å². The van der Waals surface area contributed by atoms with Crippen molar-refractivity contribution in [2.45, 2.75) is 18.9 Å². The van der Waals surface area contributed by atoms with Gasteiger partial charge < -0.3 is 5.32 Å². The summed E-state index contributed by atoms with van der Waals surface area (Å²) < 4.78 is 15.1. The molecular weight excluding hydrogens is 343 g/mol. The van der Waals surface area contributed by atoms with Crippen molar-refractivity contribution in [1.82, 2.24) is 14.8 Å². The number of aromatic nitrogens is 3. The number of carbonyl (C=O) groups excluding carboxylic acids is 1. The number of halogens is 2. The summed E-state index contributed by atoms with van der Waals surface area (Å²) in [6.45, 7) is 0.365. The third-order valence-corrected chi connectivity index (χ3v) is 4.61. The van der Waals surface area contributed by atoms with Gasteiger partial charge in [0.25, 0.3) is 0 Å². The lowest BCUT2D eigenvalue weighted by Gasteiger charge is -2.24. The van der Waals surface area contributed by atoms with Gasteiger partial charge in [0.15, 0.2) is 0 Å². The van der Waals surface area contributed by atoms with E-state index in [1.54, 1.807) is 29.3 Å². The number of nitrogens with zero attached hydrogens (tertiary/aromatic N) is 3. The minimum Gasteiger partial charge on any atom is -0.311 e. The predicted octanol–water partition coefficient (Wildman–Crippen LogP) is 3.59. The van der Waals surface area contributed by atoms with Crippen LogP contribution >= 0.6 is 11.6 Å². The Morgan fingerprint density at radius 2 is 2.16 bits per heavy atom. The molecule has 1 aliphatic heterocycles. The van der Waals surface area contributed by atoms with Crippen molar-refractivity contribution in [1.29, 1.82) is 0 Å². The van der Waals surface area contributed by atoms with Crippen molar-refractivity contribution < 1.29 is 9.18 Å². The maximum Gasteiger partial charge on any atom is 0.226 e. The summed E-state index contributed by atoms with van der Waals surface area (Å²) >= 11 is 6.26. The summed E-state index contributed by atoms with van der Waals surface area (Å²) in [5, 5.41) is 7.77. The standard InChI is InChI=1S/C18H14ClFN4O/c19-16-9-21-5-4-13(16)14-7-17(25)23-18-15(14)8-22-24(18)10-11-2-1-3-12(20)6-11/h1-6,8-9,14H,7,10H2,(H,23,25). The van der Waals surface area contributed by atoms with Crippen molar-refractivity contribution in [3.8, 4) is 0 Å². The van der Waals surface area contributed by atoms with Gasteiger partial charge in [-0.3, -0.25) is 9.78 Å². The third-order valence-electron chi connectivity index (χ3n) is 4.29. The van der Waals surface area contributed by atoms with Crippen molar-refractivity contribution >= 4 is 23.3 Å². The molecule has 5 nitrogen and oxygen atoms in total. The molecule has 2 aromatic heterocycles. The molecule has 0 saturated carbocycles. The van der Waals surface area contributed by atoms with E-state index in [2.05, 4.69) is 15.4 Å². The molecule has 0 aliphatic carbocycles. The topological polar surface area (TPSA) is 59.8 Å². The molecule has 3 aromatic rings. The molecule has 0 fully saturated rings. The second kappa shape index (κ2) is 6.29. The number of anilines is 1. The highest BCUT2D eigenvalue weighted by molar-refractivity contribution is 6.31. The first-order valence-corrected chi connectivity index (χ1v) is 8.19. The molecule has 4 rings (SSSR count). The van der Waals surface area contributed by atoms with Crippen LogP contribution in [0.3, 0.4) is 0 Å². The van der Waals surface area contributed by atoms with E-state index in [1.165, 1.54) is 12.1 Å². The van der Waals surface area contributed by atoms with Crippen molar-refractivity contribution in [2.24, 2.45) is 0 Å². The number of benzene rings is 1. The summed E-state index contributed by atoms with van der Waals surface area (Å²) in [6.07, 6.45) is 5.25. The van der Waals surface area contributed by atoms with Gasteiger partial charge >= 0.3 is 0 Å². The SMILES string of the molecule is O=C1CC(c2ccncc2Cl)c2cnn(Cc3cccc(F)c3)c2N1. The second-order valence-electron chi connectivity index (χ2n) is 5.94. The first kappa shape index (κ1) is 15.8. The van der Waals surface area contributed by atoms with Crippen LogP contribution < -0.4 is 5.32 Å². The van der Waals surface area contributed by atoms with E-state index < -0.39 is 0 Å². The Morgan fingerprint density at radius 1 is 1.28 bits per heavy atom. The summed E-state index contributed by atoms with van der Waals surface area (Å²) in [7, 11) is 0. The summed E-state index contributed by atoms with van der Waals surface area (Å²) in [5.74, 6) is 0.0364. The molecule has 1 amide bonds. The predicted molar refractivity (Wildman–Crippen MR) is 92.1 cm³/mol. The fraction of sp³-hybridized carbons (Fsp3) is 0.167. The third kappa shape index (κ3) is 3.00. The normalized spacial score (nSPS) is 16.4. The van der Waals surface area contributed by atoms with Gasteiger partial charge in [0.2, 0.25) is 5.91 Å².